The van der Waals surface area contributed by atoms with E-state index in [0.29, 0.717) is 23.7 Å². The van der Waals surface area contributed by atoms with Crippen LogP contribution in [0.2, 0.25) is 5.02 Å². The van der Waals surface area contributed by atoms with E-state index >= 15 is 0 Å². The fourth-order valence-electron chi connectivity index (χ4n) is 2.92. The summed E-state index contributed by atoms with van der Waals surface area (Å²) in [6, 6.07) is 16.9. The number of aromatic nitrogens is 1. The van der Waals surface area contributed by atoms with Crippen LogP contribution in [0.5, 0.6) is 0 Å². The second-order valence-electron chi connectivity index (χ2n) is 6.51. The molecule has 1 N–H and O–H groups in total. The zero-order valence-corrected chi connectivity index (χ0v) is 16.1. The van der Waals surface area contributed by atoms with Gasteiger partial charge in [0.1, 0.15) is 0 Å². The number of ketones is 1. The number of hydrogen-bond acceptors (Lipinski definition) is 2. The highest BCUT2D eigenvalue weighted by Gasteiger charge is 2.20. The molecule has 1 aromatic heterocycles. The monoisotopic (exact) mass is 380 g/mol. The molecule has 138 valence electrons. The number of benzene rings is 2. The number of carbonyl (C=O) groups excluding carboxylic acids is 2. The highest BCUT2D eigenvalue weighted by atomic mass is 35.5. The quantitative estimate of drug-likeness (QED) is 0.512. The third-order valence-corrected chi connectivity index (χ3v) is 4.68. The van der Waals surface area contributed by atoms with Crippen molar-refractivity contribution in [2.45, 2.75) is 20.3 Å². The summed E-state index contributed by atoms with van der Waals surface area (Å²) in [5.41, 5.74) is 4.43. The summed E-state index contributed by atoms with van der Waals surface area (Å²) in [4.78, 5) is 25.0. The van der Waals surface area contributed by atoms with Gasteiger partial charge < -0.3 is 9.88 Å². The Morgan fingerprint density at radius 1 is 1.04 bits per heavy atom. The highest BCUT2D eigenvalue weighted by molar-refractivity contribution is 6.42. The van der Waals surface area contributed by atoms with E-state index in [1.165, 1.54) is 0 Å². The number of nitrogens with one attached hydrogen (secondary N) is 1. The van der Waals surface area contributed by atoms with E-state index in [-0.39, 0.29) is 0 Å². The van der Waals surface area contributed by atoms with Crippen molar-refractivity contribution in [3.05, 3.63) is 88.2 Å². The molecule has 27 heavy (non-hydrogen) atoms. The minimum atomic E-state index is -0.603. The average molecular weight is 381 g/mol. The molecule has 5 heteroatoms. The summed E-state index contributed by atoms with van der Waals surface area (Å²) in [5.74, 6) is -1.15. The van der Waals surface area contributed by atoms with Gasteiger partial charge in [0, 0.05) is 23.5 Å². The van der Waals surface area contributed by atoms with E-state index < -0.39 is 11.7 Å². The molecular weight excluding hydrogens is 360 g/mol. The third kappa shape index (κ3) is 4.47. The maximum Gasteiger partial charge on any atom is 0.294 e. The molecule has 0 aliphatic rings. The standard InChI is InChI=1S/C22H21ClN2O2/c1-15-5-6-16(2)20(14-15)25-13-3-4-19(25)21(26)22(27)24-12-11-17-7-9-18(23)10-8-17/h3-10,13-14H,11-12H2,1-2H3,(H,24,27). The van der Waals surface area contributed by atoms with Gasteiger partial charge in [-0.05, 0) is 67.3 Å². The Balaban J connectivity index is 1.69. The molecule has 3 aromatic rings. The Hall–Kier alpha value is -2.85. The number of carbonyl (C=O) groups is 2. The highest BCUT2D eigenvalue weighted by Crippen LogP contribution is 2.19. The lowest BCUT2D eigenvalue weighted by Crippen LogP contribution is -2.33. The number of halogens is 1. The predicted molar refractivity (Wildman–Crippen MR) is 108 cm³/mol. The van der Waals surface area contributed by atoms with Crippen molar-refractivity contribution in [2.75, 3.05) is 6.54 Å². The van der Waals surface area contributed by atoms with Crippen LogP contribution in [0.15, 0.2) is 60.8 Å². The van der Waals surface area contributed by atoms with Gasteiger partial charge in [-0.1, -0.05) is 35.9 Å². The fourth-order valence-corrected chi connectivity index (χ4v) is 3.05. The zero-order valence-electron chi connectivity index (χ0n) is 15.3. The van der Waals surface area contributed by atoms with Crippen LogP contribution in [-0.4, -0.2) is 22.8 Å². The first kappa shape index (κ1) is 18.9. The lowest BCUT2D eigenvalue weighted by molar-refractivity contribution is -0.117. The summed E-state index contributed by atoms with van der Waals surface area (Å²) in [6.07, 6.45) is 2.43. The molecule has 0 aliphatic carbocycles. The normalized spacial score (nSPS) is 10.6. The molecule has 2 aromatic carbocycles. The lowest BCUT2D eigenvalue weighted by Gasteiger charge is -2.12. The summed E-state index contributed by atoms with van der Waals surface area (Å²) >= 11 is 5.86. The van der Waals surface area contributed by atoms with Crippen molar-refractivity contribution in [2.24, 2.45) is 0 Å². The van der Waals surface area contributed by atoms with E-state index in [2.05, 4.69) is 5.32 Å². The van der Waals surface area contributed by atoms with Gasteiger partial charge in [-0.2, -0.15) is 0 Å². The van der Waals surface area contributed by atoms with Crippen molar-refractivity contribution in [1.29, 1.82) is 0 Å². The molecule has 0 unspecified atom stereocenters. The first-order valence-corrected chi connectivity index (χ1v) is 9.15. The van der Waals surface area contributed by atoms with Gasteiger partial charge in [-0.25, -0.2) is 0 Å². The number of aryl methyl sites for hydroxylation is 2. The Labute approximate surface area is 163 Å². The molecule has 0 bridgehead atoms. The SMILES string of the molecule is Cc1ccc(C)c(-n2cccc2C(=O)C(=O)NCCc2ccc(Cl)cc2)c1. The average Bonchev–Trinajstić information content (AvgIpc) is 3.14. The number of nitrogens with zero attached hydrogens (tertiary/aromatic N) is 1. The molecule has 0 radical (unpaired) electrons. The van der Waals surface area contributed by atoms with Crippen LogP contribution in [0.3, 0.4) is 0 Å². The van der Waals surface area contributed by atoms with Gasteiger partial charge in [-0.15, -0.1) is 0 Å². The van der Waals surface area contributed by atoms with E-state index in [1.54, 1.807) is 35.0 Å². The van der Waals surface area contributed by atoms with E-state index in [9.17, 15) is 9.59 Å². The first-order valence-electron chi connectivity index (χ1n) is 8.77. The van der Waals surface area contributed by atoms with Crippen LogP contribution in [0.25, 0.3) is 5.69 Å². The first-order chi connectivity index (χ1) is 13.0. The van der Waals surface area contributed by atoms with Crippen molar-refractivity contribution >= 4 is 23.3 Å². The molecule has 0 spiro atoms. The predicted octanol–water partition coefficient (Wildman–Crippen LogP) is 4.29. The molecule has 0 saturated heterocycles. The van der Waals surface area contributed by atoms with Crippen molar-refractivity contribution in [1.82, 2.24) is 9.88 Å². The molecular formula is C22H21ClN2O2. The van der Waals surface area contributed by atoms with Crippen molar-refractivity contribution < 1.29 is 9.59 Å². The maximum atomic E-state index is 12.6. The molecule has 0 aliphatic heterocycles. The largest absolute Gasteiger partial charge is 0.349 e. The molecule has 1 heterocycles. The van der Waals surface area contributed by atoms with Gasteiger partial charge in [0.15, 0.2) is 0 Å². The van der Waals surface area contributed by atoms with Crippen LogP contribution >= 0.6 is 11.6 Å². The molecule has 1 amide bonds. The Morgan fingerprint density at radius 2 is 1.78 bits per heavy atom. The number of Topliss-reactive ketones (excluding diaryl/α,β-unsaturated/α-hetero) is 1. The van der Waals surface area contributed by atoms with E-state index in [4.69, 9.17) is 11.6 Å². The number of hydrogen-bond donors (Lipinski definition) is 1. The third-order valence-electron chi connectivity index (χ3n) is 4.42. The second kappa shape index (κ2) is 8.23. The van der Waals surface area contributed by atoms with Crippen molar-refractivity contribution in [3.8, 4) is 5.69 Å². The van der Waals surface area contributed by atoms with Crippen LogP contribution in [0.4, 0.5) is 0 Å². The minimum absolute atomic E-state index is 0.354. The lowest BCUT2D eigenvalue weighted by atomic mass is 10.1. The Bertz CT molecular complexity index is 974. The van der Waals surface area contributed by atoms with Gasteiger partial charge in [0.05, 0.1) is 5.69 Å². The molecule has 0 saturated carbocycles. The summed E-state index contributed by atoms with van der Waals surface area (Å²) in [5, 5.41) is 3.38. The molecule has 4 nitrogen and oxygen atoms in total. The second-order valence-corrected chi connectivity index (χ2v) is 6.95. The molecule has 3 rings (SSSR count). The maximum absolute atomic E-state index is 12.6. The topological polar surface area (TPSA) is 51.1 Å². The van der Waals surface area contributed by atoms with Gasteiger partial charge >= 0.3 is 0 Å². The summed E-state index contributed by atoms with van der Waals surface area (Å²) in [7, 11) is 0. The Kier molecular flexibility index (Phi) is 5.77. The van der Waals surface area contributed by atoms with Crippen LogP contribution < -0.4 is 5.32 Å². The van der Waals surface area contributed by atoms with Gasteiger partial charge in [0.2, 0.25) is 0 Å². The van der Waals surface area contributed by atoms with Gasteiger partial charge in [-0.3, -0.25) is 9.59 Å². The van der Waals surface area contributed by atoms with E-state index in [1.807, 2.05) is 44.2 Å². The number of amides is 1. The van der Waals surface area contributed by atoms with Crippen LogP contribution in [0, 0.1) is 13.8 Å². The smallest absolute Gasteiger partial charge is 0.294 e. The minimum Gasteiger partial charge on any atom is -0.349 e. The number of rotatable bonds is 6. The van der Waals surface area contributed by atoms with E-state index in [0.717, 1.165) is 22.4 Å². The van der Waals surface area contributed by atoms with Crippen molar-refractivity contribution in [3.63, 3.8) is 0 Å². The van der Waals surface area contributed by atoms with Crippen LogP contribution in [-0.2, 0) is 11.2 Å². The van der Waals surface area contributed by atoms with Gasteiger partial charge in [0.25, 0.3) is 11.7 Å². The molecule has 0 atom stereocenters. The van der Waals surface area contributed by atoms with Crippen LogP contribution in [0.1, 0.15) is 27.2 Å². The summed E-state index contributed by atoms with van der Waals surface area (Å²) < 4.78 is 1.77. The molecule has 0 fully saturated rings. The Morgan fingerprint density at radius 3 is 2.52 bits per heavy atom. The summed E-state index contributed by atoms with van der Waals surface area (Å²) in [6.45, 7) is 4.36. The zero-order chi connectivity index (χ0) is 19.4. The fraction of sp³-hybridized carbons (Fsp3) is 0.182.